The number of anilines is 2. The first-order valence-corrected chi connectivity index (χ1v) is 6.33. The van der Waals surface area contributed by atoms with Crippen LogP contribution in [-0.2, 0) is 13.6 Å². The van der Waals surface area contributed by atoms with Crippen LogP contribution >= 0.6 is 0 Å². The van der Waals surface area contributed by atoms with Crippen molar-refractivity contribution < 1.29 is 0 Å². The highest BCUT2D eigenvalue weighted by molar-refractivity contribution is 5.55. The fraction of sp³-hybridized carbons (Fsp3) is 0.462. The molecule has 2 aromatic rings. The standard InChI is InChI=1S/C13H20N6/c1-8(2)12-17-11(14)9(3)13(18-12)15-7-10-5-6-16-19(10)4/h5-6,8H,7H2,1-4H3,(H3,14,15,17,18). The topological polar surface area (TPSA) is 81.7 Å². The lowest BCUT2D eigenvalue weighted by Gasteiger charge is -2.13. The first-order chi connectivity index (χ1) is 8.99. The minimum absolute atomic E-state index is 0.250. The summed E-state index contributed by atoms with van der Waals surface area (Å²) >= 11 is 0. The van der Waals surface area contributed by atoms with Crippen LogP contribution in [0.3, 0.4) is 0 Å². The van der Waals surface area contributed by atoms with Crippen molar-refractivity contribution >= 4 is 11.6 Å². The molecule has 0 saturated heterocycles. The van der Waals surface area contributed by atoms with Gasteiger partial charge in [-0.1, -0.05) is 13.8 Å². The van der Waals surface area contributed by atoms with Crippen LogP contribution in [0.5, 0.6) is 0 Å². The molecular weight excluding hydrogens is 240 g/mol. The molecule has 2 aromatic heterocycles. The van der Waals surface area contributed by atoms with Gasteiger partial charge in [0.05, 0.1) is 12.2 Å². The second kappa shape index (κ2) is 5.26. The second-order valence-corrected chi connectivity index (χ2v) is 4.90. The Hall–Kier alpha value is -2.11. The molecule has 0 aromatic carbocycles. The van der Waals surface area contributed by atoms with E-state index in [2.05, 4.69) is 34.2 Å². The summed E-state index contributed by atoms with van der Waals surface area (Å²) < 4.78 is 1.83. The zero-order chi connectivity index (χ0) is 14.0. The van der Waals surface area contributed by atoms with Gasteiger partial charge in [0.1, 0.15) is 17.5 Å². The van der Waals surface area contributed by atoms with Gasteiger partial charge in [-0.2, -0.15) is 5.10 Å². The lowest BCUT2D eigenvalue weighted by molar-refractivity contribution is 0.718. The third kappa shape index (κ3) is 2.83. The van der Waals surface area contributed by atoms with Gasteiger partial charge in [-0.3, -0.25) is 4.68 Å². The van der Waals surface area contributed by atoms with E-state index >= 15 is 0 Å². The van der Waals surface area contributed by atoms with E-state index in [0.29, 0.717) is 12.4 Å². The third-order valence-electron chi connectivity index (χ3n) is 3.08. The second-order valence-electron chi connectivity index (χ2n) is 4.90. The summed E-state index contributed by atoms with van der Waals surface area (Å²) in [4.78, 5) is 8.83. The zero-order valence-electron chi connectivity index (χ0n) is 11.8. The van der Waals surface area contributed by atoms with E-state index in [1.165, 1.54) is 0 Å². The molecule has 3 N–H and O–H groups in total. The van der Waals surface area contributed by atoms with Crippen LogP contribution in [0.1, 0.15) is 36.8 Å². The van der Waals surface area contributed by atoms with Gasteiger partial charge in [0.25, 0.3) is 0 Å². The molecule has 0 aliphatic heterocycles. The van der Waals surface area contributed by atoms with Crippen LogP contribution < -0.4 is 11.1 Å². The summed E-state index contributed by atoms with van der Waals surface area (Å²) in [5.41, 5.74) is 7.90. The lowest BCUT2D eigenvalue weighted by Crippen LogP contribution is -2.12. The van der Waals surface area contributed by atoms with Crippen LogP contribution in [0.2, 0.25) is 0 Å². The van der Waals surface area contributed by atoms with Crippen LogP contribution in [0, 0.1) is 6.92 Å². The van der Waals surface area contributed by atoms with Crippen molar-refractivity contribution in [1.29, 1.82) is 0 Å². The molecule has 0 radical (unpaired) electrons. The van der Waals surface area contributed by atoms with Crippen molar-refractivity contribution in [3.63, 3.8) is 0 Å². The first-order valence-electron chi connectivity index (χ1n) is 6.33. The Morgan fingerprint density at radius 3 is 2.68 bits per heavy atom. The molecule has 2 rings (SSSR count). The van der Waals surface area contributed by atoms with E-state index in [0.717, 1.165) is 22.9 Å². The van der Waals surface area contributed by atoms with E-state index in [9.17, 15) is 0 Å². The molecular formula is C13H20N6. The summed E-state index contributed by atoms with van der Waals surface area (Å²) in [5, 5.41) is 7.43. The van der Waals surface area contributed by atoms with E-state index in [4.69, 9.17) is 5.73 Å². The minimum Gasteiger partial charge on any atom is -0.383 e. The molecule has 0 amide bonds. The Morgan fingerprint density at radius 1 is 1.37 bits per heavy atom. The number of aryl methyl sites for hydroxylation is 1. The molecule has 0 bridgehead atoms. The Labute approximate surface area is 113 Å². The van der Waals surface area contributed by atoms with Gasteiger partial charge < -0.3 is 11.1 Å². The van der Waals surface area contributed by atoms with Gasteiger partial charge in [-0.15, -0.1) is 0 Å². The molecule has 0 unspecified atom stereocenters. The van der Waals surface area contributed by atoms with E-state index < -0.39 is 0 Å². The molecule has 0 spiro atoms. The summed E-state index contributed by atoms with van der Waals surface area (Å²) in [5.74, 6) is 2.33. The van der Waals surface area contributed by atoms with Crippen LogP contribution in [0.25, 0.3) is 0 Å². The zero-order valence-corrected chi connectivity index (χ0v) is 11.8. The highest BCUT2D eigenvalue weighted by atomic mass is 15.3. The number of rotatable bonds is 4. The average Bonchev–Trinajstić information content (AvgIpc) is 2.76. The molecule has 102 valence electrons. The number of nitrogens with one attached hydrogen (secondary N) is 1. The van der Waals surface area contributed by atoms with Gasteiger partial charge in [0.2, 0.25) is 0 Å². The molecule has 0 aliphatic rings. The van der Waals surface area contributed by atoms with E-state index in [1.54, 1.807) is 6.20 Å². The number of hydrogen-bond donors (Lipinski definition) is 2. The fourth-order valence-electron chi connectivity index (χ4n) is 1.73. The smallest absolute Gasteiger partial charge is 0.135 e. The molecule has 0 fully saturated rings. The van der Waals surface area contributed by atoms with Gasteiger partial charge >= 0.3 is 0 Å². The third-order valence-corrected chi connectivity index (χ3v) is 3.08. The highest BCUT2D eigenvalue weighted by Crippen LogP contribution is 2.21. The van der Waals surface area contributed by atoms with Gasteiger partial charge in [-0.25, -0.2) is 9.97 Å². The first kappa shape index (κ1) is 13.3. The largest absolute Gasteiger partial charge is 0.383 e. The normalized spacial score (nSPS) is 11.0. The highest BCUT2D eigenvalue weighted by Gasteiger charge is 2.11. The number of nitrogen functional groups attached to an aromatic ring is 1. The quantitative estimate of drug-likeness (QED) is 0.876. The van der Waals surface area contributed by atoms with Crippen LogP contribution in [0.15, 0.2) is 12.3 Å². The summed E-state index contributed by atoms with van der Waals surface area (Å²) in [7, 11) is 1.91. The Balaban J connectivity index is 2.22. The Kier molecular flexibility index (Phi) is 3.69. The summed E-state index contributed by atoms with van der Waals surface area (Å²) in [6.07, 6.45) is 1.78. The Morgan fingerprint density at radius 2 is 2.11 bits per heavy atom. The fourth-order valence-corrected chi connectivity index (χ4v) is 1.73. The SMILES string of the molecule is Cc1c(N)nc(C(C)C)nc1NCc1ccnn1C. The predicted molar refractivity (Wildman–Crippen MR) is 75.8 cm³/mol. The minimum atomic E-state index is 0.250. The van der Waals surface area contributed by atoms with Crippen molar-refractivity contribution in [3.05, 3.63) is 29.3 Å². The van der Waals surface area contributed by atoms with Crippen molar-refractivity contribution in [3.8, 4) is 0 Å². The molecule has 2 heterocycles. The number of nitrogens with two attached hydrogens (primary N) is 1. The summed E-state index contributed by atoms with van der Waals surface area (Å²) in [6, 6.07) is 1.97. The average molecular weight is 260 g/mol. The molecule has 19 heavy (non-hydrogen) atoms. The Bertz CT molecular complexity index is 573. The van der Waals surface area contributed by atoms with E-state index in [1.807, 2.05) is 24.7 Å². The molecule has 0 saturated carbocycles. The molecule has 0 aliphatic carbocycles. The van der Waals surface area contributed by atoms with Gasteiger partial charge in [0.15, 0.2) is 0 Å². The maximum Gasteiger partial charge on any atom is 0.135 e. The van der Waals surface area contributed by atoms with Crippen molar-refractivity contribution in [2.75, 3.05) is 11.1 Å². The maximum atomic E-state index is 5.93. The van der Waals surface area contributed by atoms with Gasteiger partial charge in [0, 0.05) is 24.7 Å². The van der Waals surface area contributed by atoms with Crippen LogP contribution in [-0.4, -0.2) is 19.7 Å². The van der Waals surface area contributed by atoms with Gasteiger partial charge in [-0.05, 0) is 13.0 Å². The van der Waals surface area contributed by atoms with Crippen LogP contribution in [0.4, 0.5) is 11.6 Å². The van der Waals surface area contributed by atoms with Crippen molar-refractivity contribution in [1.82, 2.24) is 19.7 Å². The van der Waals surface area contributed by atoms with E-state index in [-0.39, 0.29) is 5.92 Å². The number of nitrogens with zero attached hydrogens (tertiary/aromatic N) is 4. The monoisotopic (exact) mass is 260 g/mol. The lowest BCUT2D eigenvalue weighted by atomic mass is 10.2. The maximum absolute atomic E-state index is 5.93. The molecule has 0 atom stereocenters. The summed E-state index contributed by atoms with van der Waals surface area (Å²) in [6.45, 7) is 6.68. The number of aromatic nitrogens is 4. The van der Waals surface area contributed by atoms with Crippen molar-refractivity contribution in [2.24, 2.45) is 7.05 Å². The molecule has 6 nitrogen and oxygen atoms in total. The molecule has 6 heteroatoms. The van der Waals surface area contributed by atoms with Crippen molar-refractivity contribution in [2.45, 2.75) is 33.2 Å². The predicted octanol–water partition coefficient (Wildman–Crippen LogP) is 1.84. The number of hydrogen-bond acceptors (Lipinski definition) is 5.